The third kappa shape index (κ3) is 8.51. The first-order valence-electron chi connectivity index (χ1n) is 12.3. The molecule has 3 N–H and O–H groups in total. The van der Waals surface area contributed by atoms with E-state index < -0.39 is 17.7 Å². The quantitative estimate of drug-likeness (QED) is 0.383. The summed E-state index contributed by atoms with van der Waals surface area (Å²) in [5, 5.41) is 6.83. The topological polar surface area (TPSA) is 104 Å². The number of aryl methyl sites for hydroxylation is 1. The van der Waals surface area contributed by atoms with Gasteiger partial charge >= 0.3 is 6.03 Å². The van der Waals surface area contributed by atoms with E-state index in [0.29, 0.717) is 31.6 Å². The number of nitrogens with two attached hydrogens (primary N) is 1. The molecule has 1 unspecified atom stereocenters. The zero-order valence-corrected chi connectivity index (χ0v) is 22.0. The maximum absolute atomic E-state index is 13.1. The Morgan fingerprint density at radius 1 is 1.05 bits per heavy atom. The number of urea groups is 1. The number of likely N-dealkylation sites (tertiary alicyclic amines) is 1. The molecule has 0 aliphatic carbocycles. The lowest BCUT2D eigenvalue weighted by Crippen LogP contribution is -2.24. The highest BCUT2D eigenvalue weighted by atomic mass is 19.2. The lowest BCUT2D eigenvalue weighted by atomic mass is 9.98. The molecule has 9 nitrogen and oxygen atoms in total. The Balaban J connectivity index is 0.000000215. The van der Waals surface area contributed by atoms with Gasteiger partial charge in [0.15, 0.2) is 11.6 Å². The van der Waals surface area contributed by atoms with Gasteiger partial charge in [-0.1, -0.05) is 6.07 Å². The first kappa shape index (κ1) is 29.0. The Hall–Kier alpha value is -3.54. The molecular weight excluding hydrogens is 496 g/mol. The van der Waals surface area contributed by atoms with E-state index in [1.165, 1.54) is 12.1 Å². The number of methoxy groups -OCH3 is 2. The van der Waals surface area contributed by atoms with Crippen LogP contribution in [0.1, 0.15) is 17.9 Å². The molecule has 2 heterocycles. The number of benzene rings is 2. The Labute approximate surface area is 221 Å². The average molecular weight is 532 g/mol. The van der Waals surface area contributed by atoms with Crippen molar-refractivity contribution in [3.05, 3.63) is 65.7 Å². The highest BCUT2D eigenvalue weighted by Gasteiger charge is 2.24. The normalized spacial score (nSPS) is 15.1. The SMILES string of the molecule is COCCN1CCC(c2ccc(F)c(F)c2)C1.COCCOc1ccc(-c2cc(NC(N)=O)n(C)n2)cc1. The van der Waals surface area contributed by atoms with E-state index in [2.05, 4.69) is 15.3 Å². The summed E-state index contributed by atoms with van der Waals surface area (Å²) in [7, 11) is 5.05. The molecule has 1 fully saturated rings. The van der Waals surface area contributed by atoms with Crippen molar-refractivity contribution in [1.82, 2.24) is 14.7 Å². The number of halogens is 2. The largest absolute Gasteiger partial charge is 0.491 e. The summed E-state index contributed by atoms with van der Waals surface area (Å²) in [5.41, 5.74) is 7.65. The number of ether oxygens (including phenoxy) is 3. The summed E-state index contributed by atoms with van der Waals surface area (Å²) in [4.78, 5) is 13.2. The van der Waals surface area contributed by atoms with Crippen LogP contribution in [0.3, 0.4) is 0 Å². The summed E-state index contributed by atoms with van der Waals surface area (Å²) in [5.74, 6) is 0.0860. The fourth-order valence-corrected chi connectivity index (χ4v) is 4.11. The molecular formula is C27H35F2N5O4. The zero-order valence-electron chi connectivity index (χ0n) is 22.0. The van der Waals surface area contributed by atoms with Crippen LogP contribution in [0.15, 0.2) is 48.5 Å². The predicted octanol–water partition coefficient (Wildman–Crippen LogP) is 4.00. The van der Waals surface area contributed by atoms with Crippen molar-refractivity contribution >= 4 is 11.8 Å². The highest BCUT2D eigenvalue weighted by Crippen LogP contribution is 2.28. The van der Waals surface area contributed by atoms with Crippen LogP contribution in [0.2, 0.25) is 0 Å². The molecule has 11 heteroatoms. The molecule has 0 radical (unpaired) electrons. The van der Waals surface area contributed by atoms with Crippen LogP contribution < -0.4 is 15.8 Å². The second-order valence-electron chi connectivity index (χ2n) is 8.85. The van der Waals surface area contributed by atoms with Crippen molar-refractivity contribution in [1.29, 1.82) is 0 Å². The van der Waals surface area contributed by atoms with Gasteiger partial charge < -0.3 is 24.8 Å². The Kier molecular flexibility index (Phi) is 11.0. The number of nitrogens with zero attached hydrogens (tertiary/aromatic N) is 3. The molecule has 1 aromatic heterocycles. The first-order chi connectivity index (χ1) is 18.3. The van der Waals surface area contributed by atoms with Gasteiger partial charge in [0.1, 0.15) is 18.2 Å². The molecule has 206 valence electrons. The van der Waals surface area contributed by atoms with E-state index in [1.54, 1.807) is 38.1 Å². The van der Waals surface area contributed by atoms with Gasteiger partial charge in [0.2, 0.25) is 0 Å². The summed E-state index contributed by atoms with van der Waals surface area (Å²) >= 11 is 0. The Bertz CT molecular complexity index is 1170. The van der Waals surface area contributed by atoms with Gasteiger partial charge in [0.05, 0.1) is 18.9 Å². The van der Waals surface area contributed by atoms with E-state index in [1.807, 2.05) is 24.3 Å². The summed E-state index contributed by atoms with van der Waals surface area (Å²) in [6.45, 7) is 4.55. The minimum absolute atomic E-state index is 0.307. The van der Waals surface area contributed by atoms with E-state index in [4.69, 9.17) is 19.9 Å². The van der Waals surface area contributed by atoms with Crippen LogP contribution in [0.5, 0.6) is 5.75 Å². The molecule has 1 aliphatic rings. The second-order valence-corrected chi connectivity index (χ2v) is 8.85. The number of carbonyl (C=O) groups excluding carboxylic acids is 1. The number of hydrogen-bond acceptors (Lipinski definition) is 6. The van der Waals surface area contributed by atoms with Crippen LogP contribution in [0, 0.1) is 11.6 Å². The van der Waals surface area contributed by atoms with Crippen molar-refractivity contribution < 1.29 is 27.8 Å². The zero-order chi connectivity index (χ0) is 27.5. The van der Waals surface area contributed by atoms with Gasteiger partial charge in [-0.3, -0.25) is 10.00 Å². The number of aromatic nitrogens is 2. The fraction of sp³-hybridized carbons (Fsp3) is 0.407. The second kappa shape index (κ2) is 14.4. The molecule has 3 aromatic rings. The van der Waals surface area contributed by atoms with E-state index in [9.17, 15) is 13.6 Å². The fourth-order valence-electron chi connectivity index (χ4n) is 4.11. The van der Waals surface area contributed by atoms with Gasteiger partial charge in [0.25, 0.3) is 0 Å². The Morgan fingerprint density at radius 2 is 1.79 bits per heavy atom. The molecule has 1 aliphatic heterocycles. The summed E-state index contributed by atoms with van der Waals surface area (Å²) < 4.78 is 43.0. The van der Waals surface area contributed by atoms with Crippen LogP contribution in [-0.2, 0) is 16.5 Å². The summed E-state index contributed by atoms with van der Waals surface area (Å²) in [6, 6.07) is 12.9. The monoisotopic (exact) mass is 531 g/mol. The Morgan fingerprint density at radius 3 is 2.45 bits per heavy atom. The van der Waals surface area contributed by atoms with E-state index in [-0.39, 0.29) is 0 Å². The lowest BCUT2D eigenvalue weighted by molar-refractivity contribution is 0.146. The van der Waals surface area contributed by atoms with Gasteiger partial charge in [-0.25, -0.2) is 13.6 Å². The molecule has 4 rings (SSSR count). The minimum Gasteiger partial charge on any atom is -0.491 e. The van der Waals surface area contributed by atoms with Crippen molar-refractivity contribution in [2.75, 3.05) is 59.0 Å². The van der Waals surface area contributed by atoms with Gasteiger partial charge in [-0.15, -0.1) is 0 Å². The van der Waals surface area contributed by atoms with Crippen molar-refractivity contribution in [2.45, 2.75) is 12.3 Å². The summed E-state index contributed by atoms with van der Waals surface area (Å²) in [6.07, 6.45) is 0.995. The predicted molar refractivity (Wildman–Crippen MR) is 141 cm³/mol. The van der Waals surface area contributed by atoms with E-state index >= 15 is 0 Å². The number of hydrogen-bond donors (Lipinski definition) is 2. The highest BCUT2D eigenvalue weighted by molar-refractivity contribution is 5.87. The van der Waals surface area contributed by atoms with Crippen molar-refractivity contribution in [3.8, 4) is 17.0 Å². The van der Waals surface area contributed by atoms with Crippen molar-refractivity contribution in [3.63, 3.8) is 0 Å². The molecule has 0 bridgehead atoms. The molecule has 1 atom stereocenters. The molecule has 2 aromatic carbocycles. The molecule has 0 saturated carbocycles. The third-order valence-electron chi connectivity index (χ3n) is 6.14. The molecule has 1 saturated heterocycles. The standard InChI is InChI=1S/C14H18N4O3.C13H17F2NO/c1-18-13(16-14(15)19)9-12(17-18)10-3-5-11(6-4-10)21-8-7-20-2;1-17-7-6-16-5-4-11(9-16)10-2-3-12(14)13(15)8-10/h3-6,9H,7-8H2,1-2H3,(H3,15,16,19);2-3,8,11H,4-7,9H2,1H3. The maximum Gasteiger partial charge on any atom is 0.317 e. The molecule has 0 spiro atoms. The van der Waals surface area contributed by atoms with Crippen LogP contribution >= 0.6 is 0 Å². The van der Waals surface area contributed by atoms with Gasteiger partial charge in [-0.2, -0.15) is 5.10 Å². The lowest BCUT2D eigenvalue weighted by Gasteiger charge is -2.15. The average Bonchev–Trinajstić information content (AvgIpc) is 3.52. The minimum atomic E-state index is -0.775. The number of nitrogens with one attached hydrogen (secondary N) is 1. The molecule has 2 amide bonds. The maximum atomic E-state index is 13.1. The van der Waals surface area contributed by atoms with E-state index in [0.717, 1.165) is 48.6 Å². The smallest absolute Gasteiger partial charge is 0.317 e. The van der Waals surface area contributed by atoms with Gasteiger partial charge in [0, 0.05) is 46.0 Å². The third-order valence-corrected chi connectivity index (χ3v) is 6.14. The van der Waals surface area contributed by atoms with Gasteiger partial charge in [-0.05, 0) is 60.8 Å². The number of primary amides is 1. The first-order valence-corrected chi connectivity index (χ1v) is 12.3. The van der Waals surface area contributed by atoms with Crippen LogP contribution in [-0.4, -0.2) is 74.4 Å². The van der Waals surface area contributed by atoms with Crippen LogP contribution in [0.4, 0.5) is 19.4 Å². The number of carbonyl (C=O) groups is 1. The van der Waals surface area contributed by atoms with Crippen LogP contribution in [0.25, 0.3) is 11.3 Å². The number of amides is 2. The number of rotatable bonds is 10. The van der Waals surface area contributed by atoms with Crippen molar-refractivity contribution in [2.24, 2.45) is 12.8 Å². The molecule has 38 heavy (non-hydrogen) atoms. The number of anilines is 1.